The van der Waals surface area contributed by atoms with Gasteiger partial charge in [0.15, 0.2) is 5.78 Å². The number of nitrogens with one attached hydrogen (secondary N) is 2. The summed E-state index contributed by atoms with van der Waals surface area (Å²) in [5.41, 5.74) is 0. The second-order valence-corrected chi connectivity index (χ2v) is 4.25. The first-order chi connectivity index (χ1) is 8.40. The van der Waals surface area contributed by atoms with Gasteiger partial charge in [-0.25, -0.2) is 0 Å². The van der Waals surface area contributed by atoms with Gasteiger partial charge in [-0.15, -0.1) is 0 Å². The quantitative estimate of drug-likeness (QED) is 0.375. The number of hydrogen-bond donors (Lipinski definition) is 2. The molecule has 104 valence electrons. The number of hydrogen-bond acceptors (Lipinski definition) is 4. The van der Waals surface area contributed by atoms with Crippen molar-refractivity contribution >= 4 is 17.5 Å². The summed E-state index contributed by atoms with van der Waals surface area (Å²) in [6.45, 7) is 4.30. The molecule has 1 atom stereocenters. The molecule has 0 aromatic heterocycles. The van der Waals surface area contributed by atoms with Crippen molar-refractivity contribution in [2.24, 2.45) is 0 Å². The minimum absolute atomic E-state index is 0.0744. The normalized spacial score (nSPS) is 11.8. The molecule has 0 aliphatic heterocycles. The van der Waals surface area contributed by atoms with Crippen molar-refractivity contribution in [1.29, 1.82) is 5.41 Å². The number of amides is 1. The van der Waals surface area contributed by atoms with Gasteiger partial charge in [0.05, 0.1) is 6.61 Å². The van der Waals surface area contributed by atoms with E-state index < -0.39 is 6.04 Å². The third-order valence-corrected chi connectivity index (χ3v) is 2.29. The van der Waals surface area contributed by atoms with E-state index in [1.165, 1.54) is 11.8 Å². The lowest BCUT2D eigenvalue weighted by Gasteiger charge is -2.22. The standard InChI is InChI=1S/C12H23N3O3/c1-5-7-18-8-6-10(17)14-11(9(2)16)12(13)15(3)4/h11,13H,5-8H2,1-4H3,(H,14,17). The average Bonchev–Trinajstić information content (AvgIpc) is 2.30. The van der Waals surface area contributed by atoms with E-state index in [0.717, 1.165) is 6.42 Å². The number of carbonyl (C=O) groups excluding carboxylic acids is 2. The lowest BCUT2D eigenvalue weighted by atomic mass is 10.1. The van der Waals surface area contributed by atoms with Gasteiger partial charge < -0.3 is 15.0 Å². The lowest BCUT2D eigenvalue weighted by molar-refractivity contribution is -0.126. The van der Waals surface area contributed by atoms with Crippen LogP contribution in [-0.2, 0) is 14.3 Å². The molecule has 0 aliphatic rings. The highest BCUT2D eigenvalue weighted by atomic mass is 16.5. The van der Waals surface area contributed by atoms with E-state index in [-0.39, 0.29) is 23.9 Å². The third kappa shape index (κ3) is 6.34. The molecule has 0 aromatic carbocycles. The van der Waals surface area contributed by atoms with Crippen LogP contribution in [0, 0.1) is 5.41 Å². The Morgan fingerprint density at radius 2 is 1.94 bits per heavy atom. The summed E-state index contributed by atoms with van der Waals surface area (Å²) in [5.74, 6) is -0.459. The molecule has 18 heavy (non-hydrogen) atoms. The fraction of sp³-hybridized carbons (Fsp3) is 0.750. The van der Waals surface area contributed by atoms with E-state index in [0.29, 0.717) is 13.2 Å². The summed E-state index contributed by atoms with van der Waals surface area (Å²) in [7, 11) is 3.32. The molecular weight excluding hydrogens is 234 g/mol. The summed E-state index contributed by atoms with van der Waals surface area (Å²) >= 11 is 0. The van der Waals surface area contributed by atoms with E-state index in [2.05, 4.69) is 5.32 Å². The average molecular weight is 257 g/mol. The second kappa shape index (κ2) is 8.63. The molecule has 0 radical (unpaired) electrons. The molecule has 0 bridgehead atoms. The number of ketones is 1. The van der Waals surface area contributed by atoms with Crippen LogP contribution in [0.5, 0.6) is 0 Å². The van der Waals surface area contributed by atoms with Gasteiger partial charge in [0.1, 0.15) is 11.9 Å². The Morgan fingerprint density at radius 1 is 1.33 bits per heavy atom. The molecule has 2 N–H and O–H groups in total. The highest BCUT2D eigenvalue weighted by Gasteiger charge is 2.23. The first-order valence-corrected chi connectivity index (χ1v) is 6.03. The fourth-order valence-corrected chi connectivity index (χ4v) is 1.27. The van der Waals surface area contributed by atoms with Crippen LogP contribution in [-0.4, -0.2) is 55.8 Å². The van der Waals surface area contributed by atoms with Crippen molar-refractivity contribution in [2.75, 3.05) is 27.3 Å². The Bertz CT molecular complexity index is 303. The molecular formula is C12H23N3O3. The van der Waals surface area contributed by atoms with Crippen LogP contribution in [0.25, 0.3) is 0 Å². The summed E-state index contributed by atoms with van der Waals surface area (Å²) in [4.78, 5) is 24.5. The van der Waals surface area contributed by atoms with Crippen LogP contribution in [0.4, 0.5) is 0 Å². The van der Waals surface area contributed by atoms with Gasteiger partial charge in [-0.1, -0.05) is 6.92 Å². The van der Waals surface area contributed by atoms with Crippen molar-refractivity contribution in [3.05, 3.63) is 0 Å². The summed E-state index contributed by atoms with van der Waals surface area (Å²) < 4.78 is 5.19. The number of carbonyl (C=O) groups is 2. The Balaban J connectivity index is 4.21. The zero-order valence-electron chi connectivity index (χ0n) is 11.6. The van der Waals surface area contributed by atoms with E-state index in [1.807, 2.05) is 6.92 Å². The molecule has 0 heterocycles. The molecule has 1 unspecified atom stereocenters. The first-order valence-electron chi connectivity index (χ1n) is 6.03. The summed E-state index contributed by atoms with van der Waals surface area (Å²) in [6, 6.07) is -0.876. The van der Waals surface area contributed by atoms with Crippen molar-refractivity contribution < 1.29 is 14.3 Å². The van der Waals surface area contributed by atoms with E-state index in [1.54, 1.807) is 14.1 Å². The third-order valence-electron chi connectivity index (χ3n) is 2.29. The number of ether oxygens (including phenoxy) is 1. The van der Waals surface area contributed by atoms with Crippen molar-refractivity contribution in [3.63, 3.8) is 0 Å². The van der Waals surface area contributed by atoms with Crippen molar-refractivity contribution in [3.8, 4) is 0 Å². The van der Waals surface area contributed by atoms with Gasteiger partial charge >= 0.3 is 0 Å². The molecule has 0 fully saturated rings. The van der Waals surface area contributed by atoms with Gasteiger partial charge in [0.2, 0.25) is 5.91 Å². The van der Waals surface area contributed by atoms with Crippen LogP contribution in [0.15, 0.2) is 0 Å². The molecule has 0 saturated heterocycles. The maximum absolute atomic E-state index is 11.6. The molecule has 6 nitrogen and oxygen atoms in total. The van der Waals surface area contributed by atoms with E-state index in [9.17, 15) is 9.59 Å². The highest BCUT2D eigenvalue weighted by Crippen LogP contribution is 1.95. The minimum Gasteiger partial charge on any atom is -0.381 e. The maximum Gasteiger partial charge on any atom is 0.223 e. The van der Waals surface area contributed by atoms with Crippen LogP contribution >= 0.6 is 0 Å². The molecule has 0 aromatic rings. The van der Waals surface area contributed by atoms with Gasteiger partial charge in [0.25, 0.3) is 0 Å². The Labute approximate surface area is 108 Å². The van der Waals surface area contributed by atoms with E-state index in [4.69, 9.17) is 10.1 Å². The number of rotatable bonds is 8. The van der Waals surface area contributed by atoms with E-state index >= 15 is 0 Å². The number of likely N-dealkylation sites (N-methyl/N-ethyl adjacent to an activating group) is 1. The lowest BCUT2D eigenvalue weighted by Crippen LogP contribution is -2.50. The maximum atomic E-state index is 11.6. The van der Waals surface area contributed by atoms with Gasteiger partial charge in [-0.3, -0.25) is 15.0 Å². The van der Waals surface area contributed by atoms with Crippen molar-refractivity contribution in [2.45, 2.75) is 32.7 Å². The highest BCUT2D eigenvalue weighted by molar-refractivity contribution is 6.07. The Kier molecular flexibility index (Phi) is 7.94. The van der Waals surface area contributed by atoms with Gasteiger partial charge in [-0.05, 0) is 13.3 Å². The topological polar surface area (TPSA) is 82.5 Å². The smallest absolute Gasteiger partial charge is 0.223 e. The van der Waals surface area contributed by atoms with Crippen LogP contribution in [0.1, 0.15) is 26.7 Å². The van der Waals surface area contributed by atoms with Gasteiger partial charge in [0, 0.05) is 27.1 Å². The SMILES string of the molecule is CCCOCCC(=O)NC(C(=N)N(C)C)C(C)=O. The summed E-state index contributed by atoms with van der Waals surface area (Å²) in [5, 5.41) is 10.3. The first kappa shape index (κ1) is 16.6. The summed E-state index contributed by atoms with van der Waals surface area (Å²) in [6.07, 6.45) is 1.10. The minimum atomic E-state index is -0.876. The second-order valence-electron chi connectivity index (χ2n) is 4.25. The zero-order valence-corrected chi connectivity index (χ0v) is 11.6. The molecule has 0 spiro atoms. The fourth-order valence-electron chi connectivity index (χ4n) is 1.27. The number of amidine groups is 1. The molecule has 1 amide bonds. The Hall–Kier alpha value is -1.43. The number of nitrogens with zero attached hydrogens (tertiary/aromatic N) is 1. The molecule has 0 saturated carbocycles. The molecule has 0 aliphatic carbocycles. The predicted molar refractivity (Wildman–Crippen MR) is 69.8 cm³/mol. The van der Waals surface area contributed by atoms with Crippen LogP contribution in [0.2, 0.25) is 0 Å². The van der Waals surface area contributed by atoms with Crippen LogP contribution < -0.4 is 5.32 Å². The monoisotopic (exact) mass is 257 g/mol. The molecule has 0 rings (SSSR count). The Morgan fingerprint density at radius 3 is 2.39 bits per heavy atom. The number of Topliss-reactive ketones (excluding diaryl/α,β-unsaturated/α-hetero) is 1. The largest absolute Gasteiger partial charge is 0.381 e. The van der Waals surface area contributed by atoms with Gasteiger partial charge in [-0.2, -0.15) is 0 Å². The zero-order chi connectivity index (χ0) is 14.1. The van der Waals surface area contributed by atoms with Crippen LogP contribution in [0.3, 0.4) is 0 Å². The predicted octanol–water partition coefficient (Wildman–Crippen LogP) is 0.416. The van der Waals surface area contributed by atoms with Crippen molar-refractivity contribution in [1.82, 2.24) is 10.2 Å². The molecule has 6 heteroatoms.